The Morgan fingerprint density at radius 1 is 1.07 bits per heavy atom. The van der Waals surface area contributed by atoms with Crippen LogP contribution in [-0.4, -0.2) is 46.0 Å². The molecule has 160 valence electrons. The van der Waals surface area contributed by atoms with Crippen LogP contribution in [-0.2, 0) is 4.79 Å². The van der Waals surface area contributed by atoms with Crippen molar-refractivity contribution >= 4 is 11.8 Å². The molecule has 4 rings (SSSR count). The summed E-state index contributed by atoms with van der Waals surface area (Å²) in [5, 5.41) is 10.5. The van der Waals surface area contributed by atoms with Gasteiger partial charge in [-0.3, -0.25) is 14.7 Å². The number of aromatic amines is 1. The summed E-state index contributed by atoms with van der Waals surface area (Å²) in [5.41, 5.74) is 3.48. The van der Waals surface area contributed by atoms with E-state index >= 15 is 0 Å². The topological polar surface area (TPSA) is 78.1 Å². The number of piperidine rings is 1. The number of aryl methyl sites for hydroxylation is 1. The molecule has 1 aliphatic carbocycles. The highest BCUT2D eigenvalue weighted by Crippen LogP contribution is 2.29. The number of nitrogens with one attached hydrogen (secondary N) is 2. The molecule has 2 fully saturated rings. The Balaban J connectivity index is 1.29. The van der Waals surface area contributed by atoms with Crippen molar-refractivity contribution in [3.05, 3.63) is 41.6 Å². The molecule has 2 aliphatic rings. The third kappa shape index (κ3) is 4.58. The van der Waals surface area contributed by atoms with E-state index in [4.69, 9.17) is 0 Å². The molecule has 0 atom stereocenters. The van der Waals surface area contributed by atoms with Crippen LogP contribution in [0.5, 0.6) is 0 Å². The summed E-state index contributed by atoms with van der Waals surface area (Å²) in [5.74, 6) is 1.11. The van der Waals surface area contributed by atoms with Gasteiger partial charge in [-0.05, 0) is 63.0 Å². The van der Waals surface area contributed by atoms with E-state index in [2.05, 4.69) is 22.4 Å². The average molecular weight is 409 g/mol. The van der Waals surface area contributed by atoms with Crippen LogP contribution in [0.2, 0.25) is 0 Å². The Morgan fingerprint density at radius 3 is 2.47 bits per heavy atom. The summed E-state index contributed by atoms with van der Waals surface area (Å²) in [6.45, 7) is 5.62. The molecule has 1 aromatic heterocycles. The Bertz CT molecular complexity index is 890. The summed E-state index contributed by atoms with van der Waals surface area (Å²) >= 11 is 0. The van der Waals surface area contributed by atoms with Gasteiger partial charge in [-0.25, -0.2) is 0 Å². The minimum atomic E-state index is -0.0200. The Hall–Kier alpha value is -2.63. The number of carbonyl (C=O) groups is 2. The number of benzene rings is 1. The number of hydrogen-bond donors (Lipinski definition) is 2. The highest BCUT2D eigenvalue weighted by atomic mass is 16.2. The molecule has 0 unspecified atom stereocenters. The van der Waals surface area contributed by atoms with E-state index in [-0.39, 0.29) is 23.8 Å². The second kappa shape index (κ2) is 9.02. The van der Waals surface area contributed by atoms with Gasteiger partial charge in [-0.15, -0.1) is 0 Å². The predicted molar refractivity (Wildman–Crippen MR) is 117 cm³/mol. The van der Waals surface area contributed by atoms with Gasteiger partial charge in [0.25, 0.3) is 5.91 Å². The van der Waals surface area contributed by atoms with Crippen LogP contribution >= 0.6 is 0 Å². The summed E-state index contributed by atoms with van der Waals surface area (Å²) in [7, 11) is 0. The van der Waals surface area contributed by atoms with Crippen molar-refractivity contribution in [1.29, 1.82) is 0 Å². The molecule has 0 radical (unpaired) electrons. The van der Waals surface area contributed by atoms with E-state index < -0.39 is 0 Å². The van der Waals surface area contributed by atoms with Gasteiger partial charge in [0.2, 0.25) is 5.91 Å². The quantitative estimate of drug-likeness (QED) is 0.805. The van der Waals surface area contributed by atoms with Crippen LogP contribution in [0.25, 0.3) is 11.3 Å². The van der Waals surface area contributed by atoms with Crippen LogP contribution < -0.4 is 5.32 Å². The molecular weight excluding hydrogens is 376 g/mol. The molecule has 1 saturated heterocycles. The SMILES string of the molecule is Cc1ccccc1-c1cc(C(=O)N2CCC(NC(=O)C3CCC(C)CC3)CC2)[nH]n1. The van der Waals surface area contributed by atoms with Gasteiger partial charge < -0.3 is 10.2 Å². The summed E-state index contributed by atoms with van der Waals surface area (Å²) in [4.78, 5) is 27.3. The maximum absolute atomic E-state index is 12.9. The lowest BCUT2D eigenvalue weighted by Crippen LogP contribution is -2.48. The van der Waals surface area contributed by atoms with Crippen LogP contribution in [0.15, 0.2) is 30.3 Å². The maximum Gasteiger partial charge on any atom is 0.271 e. The van der Waals surface area contributed by atoms with Crippen LogP contribution in [0.1, 0.15) is 61.5 Å². The number of carbonyl (C=O) groups excluding carboxylic acids is 2. The fraction of sp³-hybridized carbons (Fsp3) is 0.542. The molecule has 1 saturated carbocycles. The van der Waals surface area contributed by atoms with Crippen molar-refractivity contribution in [1.82, 2.24) is 20.4 Å². The number of aromatic nitrogens is 2. The average Bonchev–Trinajstić information content (AvgIpc) is 3.24. The molecule has 30 heavy (non-hydrogen) atoms. The zero-order chi connectivity index (χ0) is 21.1. The van der Waals surface area contributed by atoms with E-state index in [0.717, 1.165) is 61.3 Å². The Labute approximate surface area is 178 Å². The maximum atomic E-state index is 12.9. The fourth-order valence-corrected chi connectivity index (χ4v) is 4.67. The standard InChI is InChI=1S/C24H32N4O2/c1-16-7-9-18(10-8-16)23(29)25-19-11-13-28(14-12-19)24(30)22-15-21(26-27-22)20-6-4-3-5-17(20)2/h3-6,15-16,18-19H,7-14H2,1-2H3,(H,25,29)(H,26,27). The molecule has 0 bridgehead atoms. The monoisotopic (exact) mass is 408 g/mol. The highest BCUT2D eigenvalue weighted by Gasteiger charge is 2.29. The molecule has 2 aromatic rings. The lowest BCUT2D eigenvalue weighted by atomic mass is 9.82. The summed E-state index contributed by atoms with van der Waals surface area (Å²) < 4.78 is 0. The van der Waals surface area contributed by atoms with E-state index in [1.807, 2.05) is 42.2 Å². The van der Waals surface area contributed by atoms with Crippen molar-refractivity contribution < 1.29 is 9.59 Å². The first-order chi connectivity index (χ1) is 14.5. The van der Waals surface area contributed by atoms with E-state index in [0.29, 0.717) is 18.8 Å². The van der Waals surface area contributed by atoms with Gasteiger partial charge in [-0.2, -0.15) is 5.10 Å². The summed E-state index contributed by atoms with van der Waals surface area (Å²) in [6, 6.07) is 10.0. The molecule has 2 N–H and O–H groups in total. The summed E-state index contributed by atoms with van der Waals surface area (Å²) in [6.07, 6.45) is 5.93. The van der Waals surface area contributed by atoms with Crippen LogP contribution in [0, 0.1) is 18.8 Å². The molecule has 6 nitrogen and oxygen atoms in total. The van der Waals surface area contributed by atoms with Crippen molar-refractivity contribution in [2.75, 3.05) is 13.1 Å². The Kier molecular flexibility index (Phi) is 6.21. The smallest absolute Gasteiger partial charge is 0.271 e. The number of amides is 2. The molecule has 1 aromatic carbocycles. The predicted octanol–water partition coefficient (Wildman–Crippen LogP) is 3.93. The highest BCUT2D eigenvalue weighted by molar-refractivity contribution is 5.93. The van der Waals surface area contributed by atoms with E-state index in [1.54, 1.807) is 0 Å². The van der Waals surface area contributed by atoms with Crippen molar-refractivity contribution in [2.24, 2.45) is 11.8 Å². The second-order valence-corrected chi connectivity index (χ2v) is 9.01. The van der Waals surface area contributed by atoms with Gasteiger partial charge in [0, 0.05) is 30.6 Å². The second-order valence-electron chi connectivity index (χ2n) is 9.01. The van der Waals surface area contributed by atoms with Crippen LogP contribution in [0.3, 0.4) is 0 Å². The van der Waals surface area contributed by atoms with Crippen molar-refractivity contribution in [3.63, 3.8) is 0 Å². The number of hydrogen-bond acceptors (Lipinski definition) is 3. The lowest BCUT2D eigenvalue weighted by molar-refractivity contribution is -0.127. The lowest BCUT2D eigenvalue weighted by Gasteiger charge is -2.33. The van der Waals surface area contributed by atoms with Gasteiger partial charge in [0.15, 0.2) is 0 Å². The zero-order valence-electron chi connectivity index (χ0n) is 18.0. The van der Waals surface area contributed by atoms with Crippen molar-refractivity contribution in [3.8, 4) is 11.3 Å². The zero-order valence-corrected chi connectivity index (χ0v) is 18.0. The van der Waals surface area contributed by atoms with E-state index in [1.165, 1.54) is 0 Å². The number of H-pyrrole nitrogens is 1. The fourth-order valence-electron chi connectivity index (χ4n) is 4.67. The number of likely N-dealkylation sites (tertiary alicyclic amines) is 1. The number of rotatable bonds is 4. The van der Waals surface area contributed by atoms with E-state index in [9.17, 15) is 9.59 Å². The normalized spacial score (nSPS) is 22.7. The van der Waals surface area contributed by atoms with Gasteiger partial charge in [-0.1, -0.05) is 31.2 Å². The minimum absolute atomic E-state index is 0.0200. The molecule has 2 heterocycles. The third-order valence-corrected chi connectivity index (χ3v) is 6.74. The molecular formula is C24H32N4O2. The largest absolute Gasteiger partial charge is 0.353 e. The molecule has 1 aliphatic heterocycles. The first kappa shape index (κ1) is 20.6. The molecule has 6 heteroatoms. The molecule has 2 amide bonds. The first-order valence-corrected chi connectivity index (χ1v) is 11.2. The third-order valence-electron chi connectivity index (χ3n) is 6.74. The van der Waals surface area contributed by atoms with Gasteiger partial charge in [0.1, 0.15) is 5.69 Å². The van der Waals surface area contributed by atoms with Crippen molar-refractivity contribution in [2.45, 2.75) is 58.4 Å². The van der Waals surface area contributed by atoms with Crippen LogP contribution in [0.4, 0.5) is 0 Å². The number of nitrogens with zero attached hydrogens (tertiary/aromatic N) is 2. The minimum Gasteiger partial charge on any atom is -0.353 e. The molecule has 0 spiro atoms. The van der Waals surface area contributed by atoms with Gasteiger partial charge >= 0.3 is 0 Å². The van der Waals surface area contributed by atoms with Gasteiger partial charge in [0.05, 0.1) is 5.69 Å². The first-order valence-electron chi connectivity index (χ1n) is 11.2. The Morgan fingerprint density at radius 2 is 1.77 bits per heavy atom.